The second-order valence-electron chi connectivity index (χ2n) is 8.22. The Kier molecular flexibility index (Phi) is 7.02. The van der Waals surface area contributed by atoms with Crippen molar-refractivity contribution in [1.29, 1.82) is 0 Å². The Morgan fingerprint density at radius 3 is 2.38 bits per heavy atom. The Balaban J connectivity index is 1.82. The molecule has 4 rings (SSSR count). The number of aromatic nitrogens is 4. The molecule has 0 aliphatic heterocycles. The van der Waals surface area contributed by atoms with Crippen molar-refractivity contribution < 1.29 is 22.3 Å². The Labute approximate surface area is 195 Å². The number of pyridine rings is 1. The van der Waals surface area contributed by atoms with E-state index in [0.717, 1.165) is 36.7 Å². The molecule has 0 radical (unpaired) electrons. The maximum atomic E-state index is 15.4. The molecule has 0 amide bonds. The van der Waals surface area contributed by atoms with Crippen molar-refractivity contribution >= 4 is 5.65 Å². The fraction of sp³-hybridized carbons (Fsp3) is 0.360. The molecular formula is C25H26F4N4O. The zero-order valence-corrected chi connectivity index (χ0v) is 19.2. The van der Waals surface area contributed by atoms with E-state index in [9.17, 15) is 8.78 Å². The minimum atomic E-state index is -2.84. The Morgan fingerprint density at radius 2 is 1.76 bits per heavy atom. The van der Waals surface area contributed by atoms with Crippen LogP contribution in [0.2, 0.25) is 0 Å². The van der Waals surface area contributed by atoms with Crippen LogP contribution in [0.1, 0.15) is 44.5 Å². The molecule has 0 bridgehead atoms. The predicted octanol–water partition coefficient (Wildman–Crippen LogP) is 6.59. The van der Waals surface area contributed by atoms with Gasteiger partial charge in [-0.3, -0.25) is 0 Å². The summed E-state index contributed by atoms with van der Waals surface area (Å²) < 4.78 is 64.6. The highest BCUT2D eigenvalue weighted by Crippen LogP contribution is 2.34. The van der Waals surface area contributed by atoms with Crippen molar-refractivity contribution in [3.63, 3.8) is 0 Å². The number of hydrogen-bond donors (Lipinski definition) is 0. The predicted molar refractivity (Wildman–Crippen MR) is 122 cm³/mol. The van der Waals surface area contributed by atoms with Gasteiger partial charge in [0.15, 0.2) is 0 Å². The minimum Gasteiger partial charge on any atom is -0.378 e. The molecule has 4 aromatic rings. The number of aryl methyl sites for hydroxylation is 1. The molecule has 1 unspecified atom stereocenters. The number of hydrogen-bond acceptors (Lipinski definition) is 3. The van der Waals surface area contributed by atoms with Crippen LogP contribution in [-0.2, 0) is 11.2 Å². The molecule has 5 nitrogen and oxygen atoms in total. The number of imidazole rings is 1. The molecule has 0 fully saturated rings. The Hall–Kier alpha value is -3.20. The number of ether oxygens (including phenoxy) is 1. The van der Waals surface area contributed by atoms with Crippen molar-refractivity contribution in [3.05, 3.63) is 65.6 Å². The SMILES string of the molecule is CCCOC(CC)Cc1c(-c2c(F)cc(-c3ccn(C(F)F)n3)cc2F)nc2cc(C)ccn12. The van der Waals surface area contributed by atoms with E-state index < -0.39 is 18.2 Å². The van der Waals surface area contributed by atoms with Gasteiger partial charge < -0.3 is 9.14 Å². The third-order valence-electron chi connectivity index (χ3n) is 5.70. The summed E-state index contributed by atoms with van der Waals surface area (Å²) in [5.74, 6) is -1.68. The van der Waals surface area contributed by atoms with Gasteiger partial charge in [0, 0.05) is 31.0 Å². The lowest BCUT2D eigenvalue weighted by atomic mass is 10.0. The van der Waals surface area contributed by atoms with Gasteiger partial charge in [-0.15, -0.1) is 0 Å². The van der Waals surface area contributed by atoms with Crippen molar-refractivity contribution in [2.75, 3.05) is 6.61 Å². The summed E-state index contributed by atoms with van der Waals surface area (Å²) in [6.07, 6.45) is 4.79. The Morgan fingerprint density at radius 1 is 1.03 bits per heavy atom. The van der Waals surface area contributed by atoms with Crippen LogP contribution in [0, 0.1) is 18.6 Å². The van der Waals surface area contributed by atoms with Gasteiger partial charge in [-0.1, -0.05) is 13.8 Å². The van der Waals surface area contributed by atoms with Crippen molar-refractivity contribution in [1.82, 2.24) is 19.2 Å². The van der Waals surface area contributed by atoms with Crippen LogP contribution in [0.4, 0.5) is 17.6 Å². The standard InChI is InChI=1S/C25H26F4N4O/c1-4-10-34-17(5-2)14-21-24(30-22-11-15(3)6-8-32(21)22)23-18(26)12-16(13-19(23)27)20-7-9-33(31-20)25(28)29/h6-9,11-13,17,25H,4-5,10,14H2,1-3H3. The number of nitrogens with zero attached hydrogens (tertiary/aromatic N) is 4. The lowest BCUT2D eigenvalue weighted by molar-refractivity contribution is 0.0508. The van der Waals surface area contributed by atoms with Crippen molar-refractivity contribution in [2.45, 2.75) is 52.7 Å². The molecule has 1 atom stereocenters. The summed E-state index contributed by atoms with van der Waals surface area (Å²) in [6.45, 7) is 3.69. The van der Waals surface area contributed by atoms with Crippen LogP contribution in [0.5, 0.6) is 0 Å². The first kappa shape index (κ1) is 23.9. The van der Waals surface area contributed by atoms with Crippen molar-refractivity contribution in [2.24, 2.45) is 0 Å². The quantitative estimate of drug-likeness (QED) is 0.257. The summed E-state index contributed by atoms with van der Waals surface area (Å²) in [5, 5.41) is 3.70. The van der Waals surface area contributed by atoms with Gasteiger partial charge >= 0.3 is 6.55 Å². The lowest BCUT2D eigenvalue weighted by Crippen LogP contribution is -2.17. The average molecular weight is 475 g/mol. The number of rotatable bonds is 9. The number of fused-ring (bicyclic) bond motifs is 1. The fourth-order valence-corrected chi connectivity index (χ4v) is 3.96. The monoisotopic (exact) mass is 474 g/mol. The molecule has 0 aliphatic rings. The molecular weight excluding hydrogens is 448 g/mol. The zero-order chi connectivity index (χ0) is 24.4. The van der Waals surface area contributed by atoms with Crippen LogP contribution in [0.25, 0.3) is 28.2 Å². The summed E-state index contributed by atoms with van der Waals surface area (Å²) in [4.78, 5) is 4.57. The second-order valence-corrected chi connectivity index (χ2v) is 8.22. The van der Waals surface area contributed by atoms with Gasteiger partial charge in [0.1, 0.15) is 17.3 Å². The third kappa shape index (κ3) is 4.70. The first-order valence-electron chi connectivity index (χ1n) is 11.2. The van der Waals surface area contributed by atoms with Gasteiger partial charge in [0.25, 0.3) is 0 Å². The van der Waals surface area contributed by atoms with E-state index in [-0.39, 0.29) is 28.6 Å². The molecule has 0 spiro atoms. The highest BCUT2D eigenvalue weighted by Gasteiger charge is 2.24. The molecule has 3 aromatic heterocycles. The van der Waals surface area contributed by atoms with Gasteiger partial charge in [-0.25, -0.2) is 18.4 Å². The molecule has 0 aliphatic carbocycles. The largest absolute Gasteiger partial charge is 0.378 e. The summed E-state index contributed by atoms with van der Waals surface area (Å²) >= 11 is 0. The van der Waals surface area contributed by atoms with Crippen molar-refractivity contribution in [3.8, 4) is 22.5 Å². The second kappa shape index (κ2) is 9.97. The number of alkyl halides is 2. The first-order chi connectivity index (χ1) is 16.3. The highest BCUT2D eigenvalue weighted by atomic mass is 19.3. The normalized spacial score (nSPS) is 12.7. The van der Waals surface area contributed by atoms with Crippen LogP contribution in [0.15, 0.2) is 42.7 Å². The molecule has 9 heteroatoms. The smallest absolute Gasteiger partial charge is 0.333 e. The third-order valence-corrected chi connectivity index (χ3v) is 5.70. The van der Waals surface area contributed by atoms with Crippen LogP contribution < -0.4 is 0 Å². The van der Waals surface area contributed by atoms with E-state index in [1.807, 2.05) is 43.5 Å². The van der Waals surface area contributed by atoms with E-state index >= 15 is 8.78 Å². The zero-order valence-electron chi connectivity index (χ0n) is 19.2. The number of halogens is 4. The summed E-state index contributed by atoms with van der Waals surface area (Å²) in [7, 11) is 0. The number of benzene rings is 1. The van der Waals surface area contributed by atoms with E-state index in [2.05, 4.69) is 10.1 Å². The molecule has 0 saturated heterocycles. The molecule has 180 valence electrons. The van der Waals surface area contributed by atoms with E-state index in [1.54, 1.807) is 0 Å². The van der Waals surface area contributed by atoms with Gasteiger partial charge in [-0.2, -0.15) is 13.9 Å². The van der Waals surface area contributed by atoms with Gasteiger partial charge in [0.2, 0.25) is 0 Å². The molecule has 1 aromatic carbocycles. The minimum absolute atomic E-state index is 0.0505. The molecule has 34 heavy (non-hydrogen) atoms. The van der Waals surface area contributed by atoms with E-state index in [4.69, 9.17) is 4.74 Å². The summed E-state index contributed by atoms with van der Waals surface area (Å²) in [5.41, 5.74) is 2.24. The van der Waals surface area contributed by atoms with E-state index in [1.165, 1.54) is 6.07 Å². The highest BCUT2D eigenvalue weighted by molar-refractivity contribution is 5.72. The van der Waals surface area contributed by atoms with Gasteiger partial charge in [0.05, 0.1) is 28.7 Å². The first-order valence-corrected chi connectivity index (χ1v) is 11.2. The maximum Gasteiger partial charge on any atom is 0.333 e. The summed E-state index contributed by atoms with van der Waals surface area (Å²) in [6, 6.07) is 7.24. The maximum absolute atomic E-state index is 15.4. The van der Waals surface area contributed by atoms with Crippen LogP contribution in [0.3, 0.4) is 0 Å². The molecule has 3 heterocycles. The van der Waals surface area contributed by atoms with Crippen LogP contribution >= 0.6 is 0 Å². The van der Waals surface area contributed by atoms with E-state index in [0.29, 0.717) is 29.1 Å². The average Bonchev–Trinajstić information content (AvgIpc) is 3.41. The topological polar surface area (TPSA) is 44.3 Å². The lowest BCUT2D eigenvalue weighted by Gasteiger charge is -2.17. The molecule has 0 N–H and O–H groups in total. The fourth-order valence-electron chi connectivity index (χ4n) is 3.96. The molecule has 0 saturated carbocycles. The van der Waals surface area contributed by atoms with Crippen LogP contribution in [-0.4, -0.2) is 31.9 Å². The van der Waals surface area contributed by atoms with Gasteiger partial charge in [-0.05, 0) is 55.7 Å². The Bertz CT molecular complexity index is 1270.